The van der Waals surface area contributed by atoms with E-state index < -0.39 is 0 Å². The fourth-order valence-corrected chi connectivity index (χ4v) is 1.96. The Hall–Kier alpha value is -0.830. The summed E-state index contributed by atoms with van der Waals surface area (Å²) in [6.45, 7) is 14.3. The third-order valence-corrected chi connectivity index (χ3v) is 3.43. The van der Waals surface area contributed by atoms with Gasteiger partial charge in [0.2, 0.25) is 0 Å². The summed E-state index contributed by atoms with van der Waals surface area (Å²) in [5.74, 6) is 0.796. The topological polar surface area (TPSA) is 29.9 Å². The fraction of sp³-hybridized carbons (Fsp3) is 0.800. The molecule has 0 bridgehead atoms. The minimum Gasteiger partial charge on any atom is -0.310 e. The van der Waals surface area contributed by atoms with Crippen molar-refractivity contribution in [3.05, 3.63) is 18.0 Å². The van der Waals surface area contributed by atoms with E-state index in [2.05, 4.69) is 58.2 Å². The average molecular weight is 251 g/mol. The lowest BCUT2D eigenvalue weighted by atomic mass is 10.0. The minimum absolute atomic E-state index is 0.0700. The number of nitrogens with one attached hydrogen (secondary N) is 1. The summed E-state index contributed by atoms with van der Waals surface area (Å²) in [6, 6.07) is 0.568. The molecule has 0 fully saturated rings. The standard InChI is InChI=1S/C15H29N3/c1-7-12(2)8-13(3)16-9-14-10-17-18(11-14)15(4,5)6/h10-13,16H,7-9H2,1-6H3. The molecule has 0 aliphatic carbocycles. The zero-order chi connectivity index (χ0) is 13.8. The summed E-state index contributed by atoms with van der Waals surface area (Å²) >= 11 is 0. The van der Waals surface area contributed by atoms with Gasteiger partial charge < -0.3 is 5.32 Å². The van der Waals surface area contributed by atoms with Gasteiger partial charge in [0.05, 0.1) is 11.7 Å². The second kappa shape index (κ2) is 6.37. The molecule has 0 spiro atoms. The Labute approximate surface area is 112 Å². The maximum atomic E-state index is 4.42. The maximum Gasteiger partial charge on any atom is 0.0543 e. The molecule has 2 unspecified atom stereocenters. The van der Waals surface area contributed by atoms with Crippen LogP contribution in [0.4, 0.5) is 0 Å². The fourth-order valence-electron chi connectivity index (χ4n) is 1.96. The van der Waals surface area contributed by atoms with E-state index >= 15 is 0 Å². The summed E-state index contributed by atoms with van der Waals surface area (Å²) in [4.78, 5) is 0. The van der Waals surface area contributed by atoms with Crippen LogP contribution in [0.1, 0.15) is 59.9 Å². The van der Waals surface area contributed by atoms with Gasteiger partial charge in [-0.2, -0.15) is 5.10 Å². The monoisotopic (exact) mass is 251 g/mol. The minimum atomic E-state index is 0.0700. The molecule has 1 heterocycles. The first-order valence-electron chi connectivity index (χ1n) is 7.10. The average Bonchev–Trinajstić information content (AvgIpc) is 2.74. The van der Waals surface area contributed by atoms with Crippen LogP contribution < -0.4 is 5.32 Å². The van der Waals surface area contributed by atoms with Crippen molar-refractivity contribution in [2.24, 2.45) is 5.92 Å². The van der Waals surface area contributed by atoms with Gasteiger partial charge in [-0.1, -0.05) is 20.3 Å². The van der Waals surface area contributed by atoms with Crippen molar-refractivity contribution >= 4 is 0 Å². The highest BCUT2D eigenvalue weighted by molar-refractivity contribution is 5.05. The van der Waals surface area contributed by atoms with Crippen molar-refractivity contribution in [2.45, 2.75) is 72.5 Å². The predicted molar refractivity (Wildman–Crippen MR) is 77.6 cm³/mol. The van der Waals surface area contributed by atoms with Crippen LogP contribution in [-0.2, 0) is 12.1 Å². The van der Waals surface area contributed by atoms with Crippen LogP contribution in [0.15, 0.2) is 12.4 Å². The first-order valence-corrected chi connectivity index (χ1v) is 7.10. The van der Waals surface area contributed by atoms with E-state index in [1.54, 1.807) is 0 Å². The normalized spacial score (nSPS) is 15.7. The molecule has 2 atom stereocenters. The second-order valence-corrected chi connectivity index (χ2v) is 6.50. The van der Waals surface area contributed by atoms with Gasteiger partial charge in [0.25, 0.3) is 0 Å². The molecule has 1 aromatic heterocycles. The summed E-state index contributed by atoms with van der Waals surface area (Å²) in [5, 5.41) is 7.99. The van der Waals surface area contributed by atoms with Crippen LogP contribution in [0.25, 0.3) is 0 Å². The van der Waals surface area contributed by atoms with E-state index in [0.717, 1.165) is 12.5 Å². The zero-order valence-corrected chi connectivity index (χ0v) is 12.8. The number of aromatic nitrogens is 2. The summed E-state index contributed by atoms with van der Waals surface area (Å²) < 4.78 is 2.03. The SMILES string of the molecule is CCC(C)CC(C)NCc1cnn(C(C)(C)C)c1. The maximum absolute atomic E-state index is 4.42. The Morgan fingerprint density at radius 3 is 2.50 bits per heavy atom. The van der Waals surface area contributed by atoms with Crippen molar-refractivity contribution in [3.8, 4) is 0 Å². The Bertz CT molecular complexity index is 349. The van der Waals surface area contributed by atoms with Gasteiger partial charge in [-0.05, 0) is 40.0 Å². The van der Waals surface area contributed by atoms with E-state index in [9.17, 15) is 0 Å². The first-order chi connectivity index (χ1) is 8.32. The number of hydrogen-bond acceptors (Lipinski definition) is 2. The third-order valence-electron chi connectivity index (χ3n) is 3.43. The second-order valence-electron chi connectivity index (χ2n) is 6.50. The molecule has 18 heavy (non-hydrogen) atoms. The van der Waals surface area contributed by atoms with Gasteiger partial charge in [0, 0.05) is 24.3 Å². The highest BCUT2D eigenvalue weighted by Gasteiger charge is 2.14. The van der Waals surface area contributed by atoms with Crippen LogP contribution in [0.2, 0.25) is 0 Å². The van der Waals surface area contributed by atoms with E-state index in [4.69, 9.17) is 0 Å². The zero-order valence-electron chi connectivity index (χ0n) is 12.8. The van der Waals surface area contributed by atoms with Crippen molar-refractivity contribution < 1.29 is 0 Å². The van der Waals surface area contributed by atoms with Gasteiger partial charge in [-0.25, -0.2) is 0 Å². The molecule has 0 amide bonds. The molecule has 1 aromatic rings. The Morgan fingerprint density at radius 1 is 1.33 bits per heavy atom. The lowest BCUT2D eigenvalue weighted by molar-refractivity contribution is 0.355. The Balaban J connectivity index is 2.42. The van der Waals surface area contributed by atoms with Crippen molar-refractivity contribution in [1.29, 1.82) is 0 Å². The summed E-state index contributed by atoms with van der Waals surface area (Å²) in [5.41, 5.74) is 1.33. The molecule has 0 saturated carbocycles. The summed E-state index contributed by atoms with van der Waals surface area (Å²) in [6.07, 6.45) is 6.61. The van der Waals surface area contributed by atoms with Gasteiger partial charge in [-0.3, -0.25) is 4.68 Å². The molecule has 0 aliphatic heterocycles. The van der Waals surface area contributed by atoms with Gasteiger partial charge in [-0.15, -0.1) is 0 Å². The van der Waals surface area contributed by atoms with Crippen LogP contribution in [0, 0.1) is 5.92 Å². The van der Waals surface area contributed by atoms with E-state index in [0.29, 0.717) is 6.04 Å². The lowest BCUT2D eigenvalue weighted by Crippen LogP contribution is -2.27. The molecule has 0 radical (unpaired) electrons. The number of rotatable bonds is 6. The van der Waals surface area contributed by atoms with Crippen LogP contribution in [0.3, 0.4) is 0 Å². The van der Waals surface area contributed by atoms with Crippen molar-refractivity contribution in [2.75, 3.05) is 0 Å². The van der Waals surface area contributed by atoms with E-state index in [1.807, 2.05) is 10.9 Å². The van der Waals surface area contributed by atoms with E-state index in [-0.39, 0.29) is 5.54 Å². The first kappa shape index (κ1) is 15.2. The number of nitrogens with zero attached hydrogens (tertiary/aromatic N) is 2. The van der Waals surface area contributed by atoms with Crippen LogP contribution in [0.5, 0.6) is 0 Å². The van der Waals surface area contributed by atoms with Crippen LogP contribution >= 0.6 is 0 Å². The largest absolute Gasteiger partial charge is 0.310 e. The molecular formula is C15H29N3. The molecule has 3 nitrogen and oxygen atoms in total. The van der Waals surface area contributed by atoms with Gasteiger partial charge in [0.15, 0.2) is 0 Å². The lowest BCUT2D eigenvalue weighted by Gasteiger charge is -2.19. The Morgan fingerprint density at radius 2 is 2.00 bits per heavy atom. The molecule has 1 rings (SSSR count). The molecule has 104 valence electrons. The summed E-state index contributed by atoms with van der Waals surface area (Å²) in [7, 11) is 0. The van der Waals surface area contributed by atoms with Crippen molar-refractivity contribution in [3.63, 3.8) is 0 Å². The highest BCUT2D eigenvalue weighted by Crippen LogP contribution is 2.14. The predicted octanol–water partition coefficient (Wildman–Crippen LogP) is 3.55. The molecule has 0 saturated heterocycles. The Kier molecular flexibility index (Phi) is 5.39. The van der Waals surface area contributed by atoms with Gasteiger partial charge >= 0.3 is 0 Å². The van der Waals surface area contributed by atoms with Crippen molar-refractivity contribution in [1.82, 2.24) is 15.1 Å². The third kappa shape index (κ3) is 4.81. The number of hydrogen-bond donors (Lipinski definition) is 1. The quantitative estimate of drug-likeness (QED) is 0.838. The highest BCUT2D eigenvalue weighted by atomic mass is 15.3. The molecular weight excluding hydrogens is 222 g/mol. The smallest absolute Gasteiger partial charge is 0.0543 e. The molecule has 3 heteroatoms. The van der Waals surface area contributed by atoms with E-state index in [1.165, 1.54) is 18.4 Å². The van der Waals surface area contributed by atoms with Gasteiger partial charge in [0.1, 0.15) is 0 Å². The van der Waals surface area contributed by atoms with Crippen LogP contribution in [-0.4, -0.2) is 15.8 Å². The molecule has 0 aromatic carbocycles. The molecule has 1 N–H and O–H groups in total. The molecule has 0 aliphatic rings.